The number of unbranched alkanes of at least 4 members (excludes halogenated alkanes) is 1. The molecule has 4 heteroatoms. The van der Waals surface area contributed by atoms with Gasteiger partial charge in [-0.25, -0.2) is 0 Å². The molecule has 0 aliphatic heterocycles. The second-order valence-corrected chi connectivity index (χ2v) is 4.31. The number of benzene rings is 1. The summed E-state index contributed by atoms with van der Waals surface area (Å²) in [6.07, 6.45) is 2.76. The number of methoxy groups -OCH3 is 4. The normalized spacial score (nSPS) is 10.8. The average Bonchev–Trinajstić information content (AvgIpc) is 2.45. The first-order chi connectivity index (χ1) is 9.21. The largest absolute Gasteiger partial charge is 0.496 e. The Morgan fingerprint density at radius 1 is 0.947 bits per heavy atom. The van der Waals surface area contributed by atoms with Crippen LogP contribution in [0.3, 0.4) is 0 Å². The van der Waals surface area contributed by atoms with Gasteiger partial charge in [-0.15, -0.1) is 0 Å². The monoisotopic (exact) mass is 268 g/mol. The maximum atomic E-state index is 5.47. The van der Waals surface area contributed by atoms with Gasteiger partial charge in [0.25, 0.3) is 0 Å². The van der Waals surface area contributed by atoms with Gasteiger partial charge < -0.3 is 18.9 Å². The van der Waals surface area contributed by atoms with Gasteiger partial charge in [0.15, 0.2) is 6.29 Å². The van der Waals surface area contributed by atoms with Gasteiger partial charge >= 0.3 is 0 Å². The van der Waals surface area contributed by atoms with E-state index in [1.54, 1.807) is 28.4 Å². The third kappa shape index (κ3) is 3.85. The molecular formula is C15H24O4. The van der Waals surface area contributed by atoms with Crippen molar-refractivity contribution in [1.82, 2.24) is 0 Å². The zero-order chi connectivity index (χ0) is 14.3. The van der Waals surface area contributed by atoms with E-state index in [0.29, 0.717) is 0 Å². The van der Waals surface area contributed by atoms with Crippen molar-refractivity contribution in [3.05, 3.63) is 23.3 Å². The average molecular weight is 268 g/mol. The number of hydrogen-bond donors (Lipinski definition) is 0. The summed E-state index contributed by atoms with van der Waals surface area (Å²) in [6.45, 7) is 2.17. The van der Waals surface area contributed by atoms with Crippen molar-refractivity contribution in [2.45, 2.75) is 32.5 Å². The van der Waals surface area contributed by atoms with Crippen LogP contribution in [0.15, 0.2) is 12.1 Å². The second kappa shape index (κ2) is 8.02. The molecule has 0 aromatic heterocycles. The van der Waals surface area contributed by atoms with E-state index in [9.17, 15) is 0 Å². The number of rotatable bonds is 8. The molecule has 1 aromatic rings. The van der Waals surface area contributed by atoms with E-state index < -0.39 is 6.29 Å². The highest BCUT2D eigenvalue weighted by atomic mass is 16.7. The van der Waals surface area contributed by atoms with Gasteiger partial charge in [-0.05, 0) is 25.0 Å². The van der Waals surface area contributed by atoms with Crippen LogP contribution in [-0.4, -0.2) is 28.4 Å². The molecule has 0 N–H and O–H groups in total. The van der Waals surface area contributed by atoms with Crippen LogP contribution in [-0.2, 0) is 15.9 Å². The van der Waals surface area contributed by atoms with E-state index >= 15 is 0 Å². The number of ether oxygens (including phenoxy) is 4. The van der Waals surface area contributed by atoms with Gasteiger partial charge in [0.05, 0.1) is 14.2 Å². The fourth-order valence-electron chi connectivity index (χ4n) is 2.11. The van der Waals surface area contributed by atoms with Crippen LogP contribution in [0.5, 0.6) is 11.5 Å². The van der Waals surface area contributed by atoms with Crippen molar-refractivity contribution in [2.24, 2.45) is 0 Å². The van der Waals surface area contributed by atoms with E-state index in [2.05, 4.69) is 6.92 Å². The lowest BCUT2D eigenvalue weighted by atomic mass is 10.0. The van der Waals surface area contributed by atoms with E-state index in [4.69, 9.17) is 18.9 Å². The van der Waals surface area contributed by atoms with Crippen LogP contribution in [0.25, 0.3) is 0 Å². The van der Waals surface area contributed by atoms with Crippen LogP contribution in [0.4, 0.5) is 0 Å². The molecule has 4 nitrogen and oxygen atoms in total. The Morgan fingerprint density at radius 2 is 1.47 bits per heavy atom. The Kier molecular flexibility index (Phi) is 6.67. The Morgan fingerprint density at radius 3 is 1.84 bits per heavy atom. The molecule has 0 radical (unpaired) electrons. The molecule has 0 aliphatic carbocycles. The van der Waals surface area contributed by atoms with Crippen LogP contribution in [0.2, 0.25) is 0 Å². The molecule has 108 valence electrons. The zero-order valence-electron chi connectivity index (χ0n) is 12.5. The summed E-state index contributed by atoms with van der Waals surface area (Å²) in [5.74, 6) is 1.64. The molecule has 0 saturated heterocycles. The van der Waals surface area contributed by atoms with E-state index in [0.717, 1.165) is 41.9 Å². The van der Waals surface area contributed by atoms with Crippen molar-refractivity contribution < 1.29 is 18.9 Å². The maximum Gasteiger partial charge on any atom is 0.183 e. The van der Waals surface area contributed by atoms with Gasteiger partial charge in [-0.3, -0.25) is 0 Å². The van der Waals surface area contributed by atoms with Gasteiger partial charge in [0.2, 0.25) is 0 Å². The molecule has 0 spiro atoms. The molecule has 0 amide bonds. The smallest absolute Gasteiger partial charge is 0.183 e. The van der Waals surface area contributed by atoms with Gasteiger partial charge in [-0.2, -0.15) is 0 Å². The van der Waals surface area contributed by atoms with Crippen LogP contribution in [0, 0.1) is 0 Å². The summed E-state index contributed by atoms with van der Waals surface area (Å²) in [7, 11) is 6.56. The Bertz CT molecular complexity index is 361. The number of hydrogen-bond acceptors (Lipinski definition) is 4. The van der Waals surface area contributed by atoms with E-state index in [-0.39, 0.29) is 0 Å². The van der Waals surface area contributed by atoms with Crippen LogP contribution < -0.4 is 9.47 Å². The molecule has 0 unspecified atom stereocenters. The van der Waals surface area contributed by atoms with Crippen LogP contribution >= 0.6 is 0 Å². The molecule has 0 bridgehead atoms. The predicted octanol–water partition coefficient (Wildman–Crippen LogP) is 3.34. The first-order valence-corrected chi connectivity index (χ1v) is 6.52. The minimum absolute atomic E-state index is 0.414. The summed E-state index contributed by atoms with van der Waals surface area (Å²) < 4.78 is 21.5. The SMILES string of the molecule is CCCCc1c(OC)cc(C(OC)OC)cc1OC. The standard InChI is InChI=1S/C15H24O4/c1-6-7-8-12-13(16-2)9-11(10-14(12)17-3)15(18-4)19-5/h9-10,15H,6-8H2,1-5H3. The van der Waals surface area contributed by atoms with E-state index in [1.807, 2.05) is 12.1 Å². The third-order valence-electron chi connectivity index (χ3n) is 3.11. The maximum absolute atomic E-state index is 5.47. The van der Waals surface area contributed by atoms with Crippen molar-refractivity contribution >= 4 is 0 Å². The third-order valence-corrected chi connectivity index (χ3v) is 3.11. The lowest BCUT2D eigenvalue weighted by Crippen LogP contribution is -2.06. The molecule has 0 saturated carbocycles. The Balaban J connectivity index is 3.18. The fraction of sp³-hybridized carbons (Fsp3) is 0.600. The predicted molar refractivity (Wildman–Crippen MR) is 74.9 cm³/mol. The topological polar surface area (TPSA) is 36.9 Å². The summed E-state index contributed by atoms with van der Waals surface area (Å²) in [5, 5.41) is 0. The molecule has 1 rings (SSSR count). The Hall–Kier alpha value is -1.26. The second-order valence-electron chi connectivity index (χ2n) is 4.31. The van der Waals surface area contributed by atoms with E-state index in [1.165, 1.54) is 0 Å². The Labute approximate surface area is 115 Å². The van der Waals surface area contributed by atoms with Crippen molar-refractivity contribution in [1.29, 1.82) is 0 Å². The van der Waals surface area contributed by atoms with Gasteiger partial charge in [-0.1, -0.05) is 13.3 Å². The molecule has 1 aromatic carbocycles. The van der Waals surface area contributed by atoms with Crippen molar-refractivity contribution in [2.75, 3.05) is 28.4 Å². The molecule has 19 heavy (non-hydrogen) atoms. The zero-order valence-corrected chi connectivity index (χ0v) is 12.5. The van der Waals surface area contributed by atoms with Gasteiger partial charge in [0, 0.05) is 25.3 Å². The summed E-state index contributed by atoms with van der Waals surface area (Å²) in [5.41, 5.74) is 1.99. The summed E-state index contributed by atoms with van der Waals surface area (Å²) >= 11 is 0. The van der Waals surface area contributed by atoms with Gasteiger partial charge in [0.1, 0.15) is 11.5 Å². The quantitative estimate of drug-likeness (QED) is 0.678. The first-order valence-electron chi connectivity index (χ1n) is 6.52. The molecular weight excluding hydrogens is 244 g/mol. The molecule has 0 heterocycles. The minimum atomic E-state index is -0.414. The minimum Gasteiger partial charge on any atom is -0.496 e. The highest BCUT2D eigenvalue weighted by Gasteiger charge is 2.17. The fourth-order valence-corrected chi connectivity index (χ4v) is 2.11. The molecule has 0 aliphatic rings. The van der Waals surface area contributed by atoms with Crippen molar-refractivity contribution in [3.63, 3.8) is 0 Å². The lowest BCUT2D eigenvalue weighted by molar-refractivity contribution is -0.106. The first kappa shape index (κ1) is 15.8. The summed E-state index contributed by atoms with van der Waals surface area (Å²) in [6, 6.07) is 3.90. The summed E-state index contributed by atoms with van der Waals surface area (Å²) in [4.78, 5) is 0. The lowest BCUT2D eigenvalue weighted by Gasteiger charge is -2.19. The highest BCUT2D eigenvalue weighted by molar-refractivity contribution is 5.48. The molecule has 0 fully saturated rings. The molecule has 0 atom stereocenters. The van der Waals surface area contributed by atoms with Crippen molar-refractivity contribution in [3.8, 4) is 11.5 Å². The van der Waals surface area contributed by atoms with Crippen LogP contribution in [0.1, 0.15) is 37.2 Å². The highest BCUT2D eigenvalue weighted by Crippen LogP contribution is 2.35.